The summed E-state index contributed by atoms with van der Waals surface area (Å²) in [7, 11) is -4.74. The fourth-order valence-corrected chi connectivity index (χ4v) is 6.20. The number of phosphoric ester groups is 1. The molecule has 1 heterocycles. The molecule has 1 rings (SSSR count). The van der Waals surface area contributed by atoms with E-state index in [1.165, 1.54) is 25.7 Å². The average Bonchev–Trinajstić information content (AvgIpc) is 3.94. The molecule has 13 heteroatoms. The number of carboxylic acids is 1. The summed E-state index contributed by atoms with van der Waals surface area (Å²) in [4.78, 5) is 45.9. The third-order valence-corrected chi connectivity index (χ3v) is 9.80. The number of epoxide rings is 1. The highest BCUT2D eigenvalue weighted by Gasteiger charge is 2.36. The molecule has 1 fully saturated rings. The third kappa shape index (κ3) is 32.5. The van der Waals surface area contributed by atoms with Gasteiger partial charge in [0.15, 0.2) is 6.10 Å². The summed E-state index contributed by atoms with van der Waals surface area (Å²) in [6, 6.07) is -1.54. The minimum Gasteiger partial charge on any atom is -0.480 e. The van der Waals surface area contributed by atoms with Crippen LogP contribution in [-0.4, -0.2) is 72.1 Å². The Morgan fingerprint density at radius 3 is 1.79 bits per heavy atom. The molecule has 0 spiro atoms. The van der Waals surface area contributed by atoms with Crippen LogP contribution >= 0.6 is 7.82 Å². The van der Waals surface area contributed by atoms with Crippen molar-refractivity contribution in [1.82, 2.24) is 0 Å². The van der Waals surface area contributed by atoms with Gasteiger partial charge in [0.1, 0.15) is 12.6 Å². The standard InChI is InChI=1S/C44H72NO11P/c1-3-5-7-8-9-10-11-12-16-19-22-25-29-33-42(46)52-35-38(36-53-57(50,51)54-37-39(45)44(48)49)55-43(47)34-30-26-23-20-17-14-13-15-18-21-24-28-32-41-40(56-41)31-27-6-4-2/h6,10-11,14-15,17-18,23-24,26-28,38-41H,3-5,7-9,12-13,16,19-22,25,29-37,45H2,1-2H3,(H,48,49)(H,50,51)/b11-10-,17-14-,18-15-,26-23-,27-6-,28-24-/t38-,39+,40?,41?/m1/s1. The van der Waals surface area contributed by atoms with Crippen LogP contribution in [0.5, 0.6) is 0 Å². The first kappa shape index (κ1) is 51.9. The number of nitrogens with two attached hydrogens (primary N) is 1. The van der Waals surface area contributed by atoms with Gasteiger partial charge >= 0.3 is 25.7 Å². The van der Waals surface area contributed by atoms with E-state index in [0.29, 0.717) is 31.5 Å². The number of esters is 2. The van der Waals surface area contributed by atoms with Crippen molar-refractivity contribution in [1.29, 1.82) is 0 Å². The average molecular weight is 822 g/mol. The van der Waals surface area contributed by atoms with Crippen molar-refractivity contribution < 1.29 is 52.2 Å². The Morgan fingerprint density at radius 2 is 1.18 bits per heavy atom. The molecule has 0 bridgehead atoms. The van der Waals surface area contributed by atoms with Crippen LogP contribution in [0.2, 0.25) is 0 Å². The first-order valence-electron chi connectivity index (χ1n) is 21.1. The minimum absolute atomic E-state index is 0.0276. The number of hydrogen-bond donors (Lipinski definition) is 3. The highest BCUT2D eigenvalue weighted by atomic mass is 31.2. The van der Waals surface area contributed by atoms with E-state index in [9.17, 15) is 23.8 Å². The second-order valence-corrected chi connectivity index (χ2v) is 15.6. The number of phosphoric acid groups is 1. The molecule has 57 heavy (non-hydrogen) atoms. The third-order valence-electron chi connectivity index (χ3n) is 8.85. The van der Waals surface area contributed by atoms with Crippen LogP contribution in [-0.2, 0) is 42.2 Å². The van der Waals surface area contributed by atoms with E-state index in [2.05, 4.69) is 73.1 Å². The molecule has 1 aliphatic rings. The lowest BCUT2D eigenvalue weighted by atomic mass is 10.1. The van der Waals surface area contributed by atoms with E-state index in [1.54, 1.807) is 0 Å². The van der Waals surface area contributed by atoms with E-state index in [-0.39, 0.29) is 19.4 Å². The Balaban J connectivity index is 2.36. The van der Waals surface area contributed by atoms with Crippen LogP contribution < -0.4 is 5.73 Å². The van der Waals surface area contributed by atoms with Gasteiger partial charge in [-0.15, -0.1) is 0 Å². The number of carboxylic acid groups (broad SMARTS) is 1. The van der Waals surface area contributed by atoms with Crippen molar-refractivity contribution in [2.75, 3.05) is 19.8 Å². The van der Waals surface area contributed by atoms with Gasteiger partial charge in [0, 0.05) is 12.8 Å². The van der Waals surface area contributed by atoms with Crippen molar-refractivity contribution in [2.45, 2.75) is 167 Å². The highest BCUT2D eigenvalue weighted by Crippen LogP contribution is 2.43. The zero-order chi connectivity index (χ0) is 41.8. The number of rotatable bonds is 37. The lowest BCUT2D eigenvalue weighted by Crippen LogP contribution is -2.34. The van der Waals surface area contributed by atoms with Gasteiger partial charge in [0.25, 0.3) is 0 Å². The largest absolute Gasteiger partial charge is 0.480 e. The second-order valence-electron chi connectivity index (χ2n) is 14.1. The first-order chi connectivity index (χ1) is 27.6. The quantitative estimate of drug-likeness (QED) is 0.0177. The zero-order valence-electron chi connectivity index (χ0n) is 34.6. The van der Waals surface area contributed by atoms with Crippen LogP contribution in [0.3, 0.4) is 0 Å². The maximum absolute atomic E-state index is 12.6. The summed E-state index contributed by atoms with van der Waals surface area (Å²) in [6.45, 7) is 2.56. The summed E-state index contributed by atoms with van der Waals surface area (Å²) < 4.78 is 38.2. The maximum atomic E-state index is 12.6. The fraction of sp³-hybridized carbons (Fsp3) is 0.659. The fourth-order valence-electron chi connectivity index (χ4n) is 5.42. The van der Waals surface area contributed by atoms with Crippen LogP contribution in [0, 0.1) is 0 Å². The molecular formula is C44H72NO11P. The van der Waals surface area contributed by atoms with Crippen LogP contribution in [0.15, 0.2) is 72.9 Å². The van der Waals surface area contributed by atoms with Crippen LogP contribution in [0.1, 0.15) is 142 Å². The molecule has 1 aliphatic heterocycles. The molecule has 1 saturated heterocycles. The molecule has 4 N–H and O–H groups in total. The SMILES string of the molecule is CC/C=C\CC1OC1C/C=C\C/C=C\C/C=C\C/C=C\CCC(=O)O[C@H](COC(=O)CCCCCCC/C=C\CCCCCC)COP(=O)(O)OC[C@H](N)C(=O)O. The predicted octanol–water partition coefficient (Wildman–Crippen LogP) is 9.93. The summed E-state index contributed by atoms with van der Waals surface area (Å²) >= 11 is 0. The summed E-state index contributed by atoms with van der Waals surface area (Å²) in [5, 5.41) is 8.88. The Labute approximate surface area is 342 Å². The molecule has 0 aromatic rings. The molecule has 0 saturated carbocycles. The molecule has 0 aromatic carbocycles. The summed E-state index contributed by atoms with van der Waals surface area (Å²) in [5.41, 5.74) is 5.32. The van der Waals surface area contributed by atoms with Gasteiger partial charge in [0.2, 0.25) is 0 Å². The van der Waals surface area contributed by atoms with E-state index in [4.69, 9.17) is 29.6 Å². The van der Waals surface area contributed by atoms with Gasteiger partial charge in [-0.1, -0.05) is 125 Å². The first-order valence-corrected chi connectivity index (χ1v) is 22.6. The van der Waals surface area contributed by atoms with Crippen molar-refractivity contribution in [3.8, 4) is 0 Å². The van der Waals surface area contributed by atoms with E-state index in [1.807, 2.05) is 18.2 Å². The highest BCUT2D eigenvalue weighted by molar-refractivity contribution is 7.47. The monoisotopic (exact) mass is 821 g/mol. The normalized spacial score (nSPS) is 18.0. The number of unbranched alkanes of at least 4 members (excludes halogenated alkanes) is 9. The lowest BCUT2D eigenvalue weighted by Gasteiger charge is -2.20. The number of carbonyl (C=O) groups excluding carboxylic acids is 2. The smallest absolute Gasteiger partial charge is 0.472 e. The van der Waals surface area contributed by atoms with Crippen LogP contribution in [0.25, 0.3) is 0 Å². The summed E-state index contributed by atoms with van der Waals surface area (Å²) in [6.07, 6.45) is 43.1. The van der Waals surface area contributed by atoms with Gasteiger partial charge in [0.05, 0.1) is 25.4 Å². The second kappa shape index (κ2) is 34.9. The van der Waals surface area contributed by atoms with Gasteiger partial charge in [-0.2, -0.15) is 0 Å². The number of aliphatic carboxylic acids is 1. The van der Waals surface area contributed by atoms with E-state index < -0.39 is 51.1 Å². The van der Waals surface area contributed by atoms with Crippen molar-refractivity contribution in [3.63, 3.8) is 0 Å². The number of ether oxygens (including phenoxy) is 3. The van der Waals surface area contributed by atoms with Crippen molar-refractivity contribution in [2.24, 2.45) is 5.73 Å². The number of allylic oxidation sites excluding steroid dienone is 10. The van der Waals surface area contributed by atoms with E-state index in [0.717, 1.165) is 70.6 Å². The maximum Gasteiger partial charge on any atom is 0.472 e. The zero-order valence-corrected chi connectivity index (χ0v) is 35.5. The van der Waals surface area contributed by atoms with Gasteiger partial charge < -0.3 is 29.9 Å². The molecule has 12 nitrogen and oxygen atoms in total. The molecule has 324 valence electrons. The number of carbonyl (C=O) groups is 3. The van der Waals surface area contributed by atoms with Crippen molar-refractivity contribution >= 4 is 25.7 Å². The van der Waals surface area contributed by atoms with E-state index >= 15 is 0 Å². The molecule has 0 aromatic heterocycles. The molecule has 0 radical (unpaired) electrons. The van der Waals surface area contributed by atoms with Crippen molar-refractivity contribution in [3.05, 3.63) is 72.9 Å². The number of hydrogen-bond acceptors (Lipinski definition) is 10. The molecule has 3 unspecified atom stereocenters. The molecule has 0 amide bonds. The minimum atomic E-state index is -4.74. The Hall–Kier alpha value is -3.12. The molecular weight excluding hydrogens is 749 g/mol. The summed E-state index contributed by atoms with van der Waals surface area (Å²) in [5.74, 6) is -2.51. The molecule has 0 aliphatic carbocycles. The molecule has 5 atom stereocenters. The lowest BCUT2D eigenvalue weighted by molar-refractivity contribution is -0.161. The topological polar surface area (TPSA) is 184 Å². The Kier molecular flexibility index (Phi) is 31.8. The van der Waals surface area contributed by atoms with Crippen LogP contribution in [0.4, 0.5) is 0 Å². The Bertz CT molecular complexity index is 1310. The van der Waals surface area contributed by atoms with Gasteiger partial charge in [-0.05, 0) is 77.0 Å². The van der Waals surface area contributed by atoms with Gasteiger partial charge in [-0.25, -0.2) is 4.57 Å². The predicted molar refractivity (Wildman–Crippen MR) is 225 cm³/mol. The van der Waals surface area contributed by atoms with Gasteiger partial charge in [-0.3, -0.25) is 23.4 Å². The Morgan fingerprint density at radius 1 is 0.649 bits per heavy atom.